The molecule has 0 bridgehead atoms. The van der Waals surface area contributed by atoms with Crippen molar-refractivity contribution in [2.24, 2.45) is 5.73 Å². The minimum absolute atomic E-state index is 0.0664. The lowest BCUT2D eigenvalue weighted by Crippen LogP contribution is -2.19. The number of aryl methyl sites for hydroxylation is 1. The molecule has 1 aliphatic heterocycles. The van der Waals surface area contributed by atoms with Gasteiger partial charge < -0.3 is 16.0 Å². The van der Waals surface area contributed by atoms with Gasteiger partial charge in [-0.1, -0.05) is 6.07 Å². The molecule has 1 aromatic carbocycles. The van der Waals surface area contributed by atoms with Crippen LogP contribution < -0.4 is 11.1 Å². The molecule has 3 heterocycles. The Hall–Kier alpha value is -2.31. The van der Waals surface area contributed by atoms with Crippen molar-refractivity contribution in [3.05, 3.63) is 53.3 Å². The highest BCUT2D eigenvalue weighted by molar-refractivity contribution is 7.99. The molecule has 0 saturated carbocycles. The number of aromatic nitrogens is 2. The Morgan fingerprint density at radius 3 is 3.17 bits per heavy atom. The maximum atomic E-state index is 12.8. The monoisotopic (exact) mass is 338 g/mol. The highest BCUT2D eigenvalue weighted by atomic mass is 32.2. The lowest BCUT2D eigenvalue weighted by molar-refractivity contribution is 0.102. The van der Waals surface area contributed by atoms with E-state index in [-0.39, 0.29) is 11.9 Å². The number of nitrogens with zero attached hydrogens (tertiary/aromatic N) is 1. The van der Waals surface area contributed by atoms with Crippen molar-refractivity contribution in [3.63, 3.8) is 0 Å². The van der Waals surface area contributed by atoms with Gasteiger partial charge in [0.05, 0.1) is 5.69 Å². The Balaban J connectivity index is 1.69. The fourth-order valence-electron chi connectivity index (χ4n) is 3.08. The summed E-state index contributed by atoms with van der Waals surface area (Å²) in [4.78, 5) is 21.2. The number of carbonyl (C=O) groups excluding carboxylic acids is 1. The Morgan fingerprint density at radius 1 is 1.42 bits per heavy atom. The topological polar surface area (TPSA) is 83.8 Å². The van der Waals surface area contributed by atoms with Gasteiger partial charge in [0.25, 0.3) is 5.91 Å². The quantitative estimate of drug-likeness (QED) is 0.666. The third-order valence-electron chi connectivity index (χ3n) is 4.40. The molecule has 0 radical (unpaired) electrons. The zero-order chi connectivity index (χ0) is 16.7. The van der Waals surface area contributed by atoms with Crippen molar-refractivity contribution in [2.75, 3.05) is 11.1 Å². The largest absolute Gasteiger partial charge is 0.346 e. The Morgan fingerprint density at radius 2 is 2.29 bits per heavy atom. The van der Waals surface area contributed by atoms with E-state index in [2.05, 4.69) is 21.4 Å². The summed E-state index contributed by atoms with van der Waals surface area (Å²) in [6.07, 6.45) is 4.48. The number of amides is 1. The highest BCUT2D eigenvalue weighted by Crippen LogP contribution is 2.36. The van der Waals surface area contributed by atoms with Crippen molar-refractivity contribution in [3.8, 4) is 0 Å². The second kappa shape index (κ2) is 5.96. The molecule has 4 N–H and O–H groups in total. The summed E-state index contributed by atoms with van der Waals surface area (Å²) in [5.74, 6) is 0.885. The molecule has 1 amide bonds. The van der Waals surface area contributed by atoms with Gasteiger partial charge in [-0.2, -0.15) is 0 Å². The number of nitrogens with one attached hydrogen (secondary N) is 2. The lowest BCUT2D eigenvalue weighted by Gasteiger charge is -2.23. The first kappa shape index (κ1) is 15.2. The van der Waals surface area contributed by atoms with Crippen molar-refractivity contribution < 1.29 is 4.79 Å². The van der Waals surface area contributed by atoms with Crippen LogP contribution in [0.5, 0.6) is 0 Å². The number of thioether (sulfide) groups is 1. The van der Waals surface area contributed by atoms with E-state index < -0.39 is 0 Å². The first-order valence-electron chi connectivity index (χ1n) is 7.90. The van der Waals surface area contributed by atoms with Crippen molar-refractivity contribution in [1.82, 2.24) is 9.97 Å². The molecule has 0 unspecified atom stereocenters. The number of nitrogens with two attached hydrogens (primary N) is 1. The van der Waals surface area contributed by atoms with Crippen molar-refractivity contribution in [2.45, 2.75) is 24.3 Å². The first-order valence-corrected chi connectivity index (χ1v) is 8.88. The summed E-state index contributed by atoms with van der Waals surface area (Å²) in [7, 11) is 0. The maximum absolute atomic E-state index is 12.8. The molecule has 1 atom stereocenters. The van der Waals surface area contributed by atoms with E-state index in [9.17, 15) is 4.79 Å². The van der Waals surface area contributed by atoms with Gasteiger partial charge >= 0.3 is 0 Å². The van der Waals surface area contributed by atoms with Crippen LogP contribution in [0.25, 0.3) is 11.0 Å². The second-order valence-corrected chi connectivity index (χ2v) is 7.14. The van der Waals surface area contributed by atoms with Crippen LogP contribution >= 0.6 is 11.8 Å². The average Bonchev–Trinajstić information content (AvgIpc) is 3.05. The minimum Gasteiger partial charge on any atom is -0.346 e. The zero-order valence-electron chi connectivity index (χ0n) is 13.3. The second-order valence-electron chi connectivity index (χ2n) is 6.00. The lowest BCUT2D eigenvalue weighted by atomic mass is 9.98. The minimum atomic E-state index is -0.108. The van der Waals surface area contributed by atoms with Crippen molar-refractivity contribution >= 4 is 34.4 Å². The molecule has 5 nitrogen and oxygen atoms in total. The van der Waals surface area contributed by atoms with Gasteiger partial charge in [-0.05, 0) is 48.4 Å². The zero-order valence-corrected chi connectivity index (χ0v) is 14.1. The van der Waals surface area contributed by atoms with Crippen LogP contribution in [0.15, 0.2) is 41.6 Å². The van der Waals surface area contributed by atoms with Gasteiger partial charge in [-0.25, -0.2) is 4.98 Å². The van der Waals surface area contributed by atoms with E-state index in [1.54, 1.807) is 18.0 Å². The number of benzene rings is 1. The molecule has 0 saturated heterocycles. The highest BCUT2D eigenvalue weighted by Gasteiger charge is 2.21. The van der Waals surface area contributed by atoms with Gasteiger partial charge in [0.1, 0.15) is 5.65 Å². The van der Waals surface area contributed by atoms with Crippen LogP contribution in [-0.4, -0.2) is 21.6 Å². The van der Waals surface area contributed by atoms with Crippen LogP contribution in [0.3, 0.4) is 0 Å². The maximum Gasteiger partial charge on any atom is 0.255 e. The average molecular weight is 338 g/mol. The summed E-state index contributed by atoms with van der Waals surface area (Å²) in [6, 6.07) is 7.81. The fourth-order valence-corrected chi connectivity index (χ4v) is 4.25. The molecule has 24 heavy (non-hydrogen) atoms. The number of rotatable bonds is 2. The molecule has 0 aliphatic carbocycles. The Labute approximate surface area is 144 Å². The summed E-state index contributed by atoms with van der Waals surface area (Å²) in [6.45, 7) is 1.96. The summed E-state index contributed by atoms with van der Waals surface area (Å²) < 4.78 is 0. The Bertz CT molecular complexity index is 934. The smallest absolute Gasteiger partial charge is 0.255 e. The van der Waals surface area contributed by atoms with Crippen molar-refractivity contribution in [1.29, 1.82) is 0 Å². The molecule has 1 aliphatic rings. The Kier molecular flexibility index (Phi) is 3.78. The molecule has 0 fully saturated rings. The summed E-state index contributed by atoms with van der Waals surface area (Å²) in [5.41, 5.74) is 10.5. The molecule has 0 spiro atoms. The molecule has 4 rings (SSSR count). The number of hydrogen-bond acceptors (Lipinski definition) is 4. The van der Waals surface area contributed by atoms with Crippen LogP contribution in [0.4, 0.5) is 5.69 Å². The van der Waals surface area contributed by atoms with Gasteiger partial charge in [0.15, 0.2) is 0 Å². The van der Waals surface area contributed by atoms with Gasteiger partial charge in [-0.3, -0.25) is 4.79 Å². The summed E-state index contributed by atoms with van der Waals surface area (Å²) >= 11 is 1.77. The van der Waals surface area contributed by atoms with Gasteiger partial charge in [0.2, 0.25) is 0 Å². The van der Waals surface area contributed by atoms with E-state index >= 15 is 0 Å². The molecular weight excluding hydrogens is 320 g/mol. The molecule has 6 heteroatoms. The SMILES string of the molecule is Cc1cc2c(cc1C(=O)Nc1ccnc3[nH]ccc13)SCC[C@H]2N. The number of aromatic amines is 1. The third-order valence-corrected chi connectivity index (χ3v) is 5.50. The van der Waals surface area contributed by atoms with E-state index in [4.69, 9.17) is 5.73 Å². The molecule has 122 valence electrons. The van der Waals surface area contributed by atoms with E-state index in [0.717, 1.165) is 44.9 Å². The van der Waals surface area contributed by atoms with Crippen LogP contribution in [0.1, 0.15) is 33.9 Å². The van der Waals surface area contributed by atoms with E-state index in [1.165, 1.54) is 0 Å². The van der Waals surface area contributed by atoms with Gasteiger partial charge in [-0.15, -0.1) is 11.8 Å². The van der Waals surface area contributed by atoms with Gasteiger partial charge in [0, 0.05) is 34.3 Å². The standard InChI is InChI=1S/C18H18N4OS/c1-10-8-13-14(19)4-7-24-16(13)9-12(10)18(23)22-15-3-6-21-17-11(15)2-5-20-17/h2-3,5-6,8-9,14H,4,7,19H2,1H3,(H2,20,21,22,23)/t14-/m1/s1. The number of hydrogen-bond donors (Lipinski definition) is 3. The molecular formula is C18H18N4OS. The number of anilines is 1. The van der Waals surface area contributed by atoms with E-state index in [1.807, 2.05) is 31.3 Å². The molecule has 2 aromatic heterocycles. The number of fused-ring (bicyclic) bond motifs is 2. The summed E-state index contributed by atoms with van der Waals surface area (Å²) in [5, 5.41) is 3.91. The molecule has 3 aromatic rings. The third kappa shape index (κ3) is 2.57. The van der Waals surface area contributed by atoms with Crippen LogP contribution in [-0.2, 0) is 0 Å². The normalized spacial score (nSPS) is 16.8. The number of carbonyl (C=O) groups is 1. The predicted octanol–water partition coefficient (Wildman–Crippen LogP) is 3.62. The number of pyridine rings is 1. The fraction of sp³-hybridized carbons (Fsp3) is 0.222. The first-order chi connectivity index (χ1) is 11.6. The number of H-pyrrole nitrogens is 1. The van der Waals surface area contributed by atoms with Crippen LogP contribution in [0, 0.1) is 6.92 Å². The van der Waals surface area contributed by atoms with E-state index in [0.29, 0.717) is 5.56 Å². The van der Waals surface area contributed by atoms with Crippen LogP contribution in [0.2, 0.25) is 0 Å². The predicted molar refractivity (Wildman–Crippen MR) is 97.5 cm³/mol.